The Kier molecular flexibility index (Phi) is 3.04. The van der Waals surface area contributed by atoms with Crippen LogP contribution in [0.5, 0.6) is 0 Å². The molecule has 0 radical (unpaired) electrons. The van der Waals surface area contributed by atoms with Crippen molar-refractivity contribution in [3.63, 3.8) is 0 Å². The highest BCUT2D eigenvalue weighted by Gasteiger charge is 2.14. The summed E-state index contributed by atoms with van der Waals surface area (Å²) >= 11 is 0. The topological polar surface area (TPSA) is 20.2 Å². The molecule has 0 unspecified atom stereocenters. The first-order valence-electron chi connectivity index (χ1n) is 4.46. The van der Waals surface area contributed by atoms with E-state index in [9.17, 15) is 9.50 Å². The van der Waals surface area contributed by atoms with Crippen molar-refractivity contribution in [2.75, 3.05) is 0 Å². The molecule has 1 aromatic rings. The summed E-state index contributed by atoms with van der Waals surface area (Å²) in [4.78, 5) is 0. The highest BCUT2D eigenvalue weighted by molar-refractivity contribution is 5.28. The maximum Gasteiger partial charge on any atom is 0.123 e. The van der Waals surface area contributed by atoms with Gasteiger partial charge in [-0.2, -0.15) is 0 Å². The lowest BCUT2D eigenvalue weighted by molar-refractivity contribution is 0.126. The molecule has 0 spiro atoms. The summed E-state index contributed by atoms with van der Waals surface area (Å²) in [7, 11) is 0. The predicted molar refractivity (Wildman–Crippen MR) is 50.9 cm³/mol. The molecule has 0 saturated heterocycles. The first kappa shape index (κ1) is 10.2. The van der Waals surface area contributed by atoms with Gasteiger partial charge in [0.2, 0.25) is 0 Å². The third-order valence-electron chi connectivity index (χ3n) is 2.18. The molecule has 0 heterocycles. The first-order valence-corrected chi connectivity index (χ1v) is 4.46. The van der Waals surface area contributed by atoms with Crippen LogP contribution in [0, 0.1) is 18.7 Å². The standard InChI is InChI=1S/C11H15FO/c1-7(2)11(13)10-5-4-9(12)6-8(10)3/h4-7,11,13H,1-3H3/t11-/m0/s1. The minimum atomic E-state index is -0.499. The average molecular weight is 182 g/mol. The summed E-state index contributed by atoms with van der Waals surface area (Å²) in [6, 6.07) is 4.48. The van der Waals surface area contributed by atoms with Gasteiger partial charge in [0.05, 0.1) is 6.10 Å². The van der Waals surface area contributed by atoms with Crippen LogP contribution in [0.2, 0.25) is 0 Å². The number of aryl methyl sites for hydroxylation is 1. The number of aliphatic hydroxyl groups is 1. The lowest BCUT2D eigenvalue weighted by atomic mass is 9.95. The number of aliphatic hydroxyl groups excluding tert-OH is 1. The molecular weight excluding hydrogens is 167 g/mol. The summed E-state index contributed by atoms with van der Waals surface area (Å²) in [5.41, 5.74) is 1.62. The smallest absolute Gasteiger partial charge is 0.123 e. The Bertz CT molecular complexity index is 294. The van der Waals surface area contributed by atoms with Gasteiger partial charge in [0.1, 0.15) is 5.82 Å². The van der Waals surface area contributed by atoms with Crippen molar-refractivity contribution >= 4 is 0 Å². The fourth-order valence-corrected chi connectivity index (χ4v) is 1.33. The Balaban J connectivity index is 3.01. The zero-order chi connectivity index (χ0) is 10.0. The Labute approximate surface area is 78.2 Å². The summed E-state index contributed by atoms with van der Waals surface area (Å²) in [5.74, 6) is -0.0960. The van der Waals surface area contributed by atoms with Crippen molar-refractivity contribution in [3.05, 3.63) is 35.1 Å². The van der Waals surface area contributed by atoms with Crippen LogP contribution >= 0.6 is 0 Å². The lowest BCUT2D eigenvalue weighted by Crippen LogP contribution is -2.07. The van der Waals surface area contributed by atoms with Gasteiger partial charge < -0.3 is 5.11 Å². The number of halogens is 1. The molecule has 0 aliphatic heterocycles. The van der Waals surface area contributed by atoms with Crippen LogP contribution in [0.15, 0.2) is 18.2 Å². The van der Waals surface area contributed by atoms with E-state index in [4.69, 9.17) is 0 Å². The quantitative estimate of drug-likeness (QED) is 0.745. The highest BCUT2D eigenvalue weighted by Crippen LogP contribution is 2.24. The van der Waals surface area contributed by atoms with Crippen LogP contribution in [0.4, 0.5) is 4.39 Å². The van der Waals surface area contributed by atoms with Crippen molar-refractivity contribution in [2.45, 2.75) is 26.9 Å². The number of hydrogen-bond acceptors (Lipinski definition) is 1. The van der Waals surface area contributed by atoms with Gasteiger partial charge >= 0.3 is 0 Å². The van der Waals surface area contributed by atoms with E-state index in [1.165, 1.54) is 12.1 Å². The molecule has 2 heteroatoms. The monoisotopic (exact) mass is 182 g/mol. The normalized spacial score (nSPS) is 13.4. The minimum Gasteiger partial charge on any atom is -0.388 e. The van der Waals surface area contributed by atoms with E-state index < -0.39 is 6.10 Å². The van der Waals surface area contributed by atoms with Gasteiger partial charge in [-0.15, -0.1) is 0 Å². The number of rotatable bonds is 2. The number of hydrogen-bond donors (Lipinski definition) is 1. The molecule has 1 aromatic carbocycles. The van der Waals surface area contributed by atoms with Gasteiger partial charge in [-0.1, -0.05) is 19.9 Å². The van der Waals surface area contributed by atoms with E-state index in [1.54, 1.807) is 6.07 Å². The molecule has 0 amide bonds. The molecule has 0 bridgehead atoms. The van der Waals surface area contributed by atoms with Crippen molar-refractivity contribution < 1.29 is 9.50 Å². The molecule has 0 aromatic heterocycles. The second-order valence-corrected chi connectivity index (χ2v) is 3.69. The van der Waals surface area contributed by atoms with Crippen LogP contribution < -0.4 is 0 Å². The third kappa shape index (κ3) is 2.28. The largest absolute Gasteiger partial charge is 0.388 e. The molecule has 0 aliphatic rings. The Morgan fingerprint density at radius 1 is 1.31 bits per heavy atom. The van der Waals surface area contributed by atoms with Crippen molar-refractivity contribution in [1.29, 1.82) is 0 Å². The molecule has 1 nitrogen and oxygen atoms in total. The van der Waals surface area contributed by atoms with Gasteiger partial charge in [0.25, 0.3) is 0 Å². The highest BCUT2D eigenvalue weighted by atomic mass is 19.1. The Hall–Kier alpha value is -0.890. The fraction of sp³-hybridized carbons (Fsp3) is 0.455. The molecule has 1 N–H and O–H groups in total. The van der Waals surface area contributed by atoms with Gasteiger partial charge in [-0.25, -0.2) is 4.39 Å². The van der Waals surface area contributed by atoms with Gasteiger partial charge in [0, 0.05) is 0 Å². The zero-order valence-electron chi connectivity index (χ0n) is 8.21. The van der Waals surface area contributed by atoms with Crippen molar-refractivity contribution in [2.24, 2.45) is 5.92 Å². The minimum absolute atomic E-state index is 0.157. The predicted octanol–water partition coefficient (Wildman–Crippen LogP) is 2.82. The third-order valence-corrected chi connectivity index (χ3v) is 2.18. The average Bonchev–Trinajstić information content (AvgIpc) is 2.03. The zero-order valence-corrected chi connectivity index (χ0v) is 8.21. The van der Waals surface area contributed by atoms with Gasteiger partial charge in [-0.3, -0.25) is 0 Å². The van der Waals surface area contributed by atoms with Gasteiger partial charge in [0.15, 0.2) is 0 Å². The number of benzene rings is 1. The van der Waals surface area contributed by atoms with Crippen LogP contribution in [0.25, 0.3) is 0 Å². The molecule has 72 valence electrons. The van der Waals surface area contributed by atoms with Crippen molar-refractivity contribution in [3.8, 4) is 0 Å². The lowest BCUT2D eigenvalue weighted by Gasteiger charge is -2.16. The first-order chi connectivity index (χ1) is 6.02. The van der Waals surface area contributed by atoms with Crippen LogP contribution in [0.1, 0.15) is 31.1 Å². The van der Waals surface area contributed by atoms with Gasteiger partial charge in [-0.05, 0) is 36.1 Å². The van der Waals surface area contributed by atoms with Crippen molar-refractivity contribution in [1.82, 2.24) is 0 Å². The van der Waals surface area contributed by atoms with E-state index in [2.05, 4.69) is 0 Å². The molecule has 0 aliphatic carbocycles. The molecule has 1 atom stereocenters. The SMILES string of the molecule is Cc1cc(F)ccc1[C@@H](O)C(C)C. The fourth-order valence-electron chi connectivity index (χ4n) is 1.33. The van der Waals surface area contributed by atoms with E-state index in [1.807, 2.05) is 20.8 Å². The Morgan fingerprint density at radius 2 is 1.92 bits per heavy atom. The summed E-state index contributed by atoms with van der Waals surface area (Å²) in [6.45, 7) is 5.69. The van der Waals surface area contributed by atoms with E-state index in [0.29, 0.717) is 0 Å². The van der Waals surface area contributed by atoms with Crippen LogP contribution in [-0.2, 0) is 0 Å². The van der Waals surface area contributed by atoms with E-state index in [0.717, 1.165) is 11.1 Å². The van der Waals surface area contributed by atoms with E-state index >= 15 is 0 Å². The summed E-state index contributed by atoms with van der Waals surface area (Å²) < 4.78 is 12.7. The van der Waals surface area contributed by atoms with Crippen LogP contribution in [0.3, 0.4) is 0 Å². The second-order valence-electron chi connectivity index (χ2n) is 3.69. The summed E-state index contributed by atoms with van der Waals surface area (Å²) in [6.07, 6.45) is -0.499. The molecule has 1 rings (SSSR count). The molecule has 0 fully saturated rings. The molecule has 13 heavy (non-hydrogen) atoms. The second kappa shape index (κ2) is 3.88. The molecular formula is C11H15FO. The Morgan fingerprint density at radius 3 is 2.38 bits per heavy atom. The molecule has 0 saturated carbocycles. The maximum atomic E-state index is 12.7. The maximum absolute atomic E-state index is 12.7. The summed E-state index contributed by atoms with van der Waals surface area (Å²) in [5, 5.41) is 9.75. The van der Waals surface area contributed by atoms with E-state index in [-0.39, 0.29) is 11.7 Å². The van der Waals surface area contributed by atoms with Crippen LogP contribution in [-0.4, -0.2) is 5.11 Å².